The van der Waals surface area contributed by atoms with Crippen molar-refractivity contribution in [2.45, 2.75) is 44.6 Å². The zero-order chi connectivity index (χ0) is 13.2. The predicted octanol–water partition coefficient (Wildman–Crippen LogP) is 2.71. The first-order chi connectivity index (χ1) is 8.59. The van der Waals surface area contributed by atoms with Gasteiger partial charge in [-0.2, -0.15) is 0 Å². The first-order valence-electron chi connectivity index (χ1n) is 6.63. The molecule has 1 aliphatic carbocycles. The van der Waals surface area contributed by atoms with Crippen LogP contribution in [0.15, 0.2) is 24.3 Å². The van der Waals surface area contributed by atoms with E-state index in [0.29, 0.717) is 12.8 Å². The average molecular weight is 248 g/mol. The molecule has 0 radical (unpaired) electrons. The van der Waals surface area contributed by atoms with Gasteiger partial charge in [0.05, 0.1) is 5.92 Å². The maximum absolute atomic E-state index is 11.4. The molecule has 2 rings (SSSR count). The Morgan fingerprint density at radius 1 is 1.44 bits per heavy atom. The minimum atomic E-state index is -1.18. The van der Waals surface area contributed by atoms with E-state index in [9.17, 15) is 15.0 Å². The number of fused-ring (bicyclic) bond motifs is 1. The lowest BCUT2D eigenvalue weighted by molar-refractivity contribution is -0.153. The van der Waals surface area contributed by atoms with Crippen LogP contribution in [-0.2, 0) is 16.8 Å². The number of unbranched alkanes of at least 4 members (excludes halogenated alkanes) is 1. The SMILES string of the molecule is CCCCC(C(=O)O)C1(O)CCc2ccccc21. The molecule has 2 unspecified atom stereocenters. The smallest absolute Gasteiger partial charge is 0.309 e. The summed E-state index contributed by atoms with van der Waals surface area (Å²) >= 11 is 0. The van der Waals surface area contributed by atoms with Gasteiger partial charge in [-0.1, -0.05) is 44.0 Å². The van der Waals surface area contributed by atoms with Gasteiger partial charge >= 0.3 is 5.97 Å². The topological polar surface area (TPSA) is 57.5 Å². The maximum Gasteiger partial charge on any atom is 0.309 e. The normalized spacial score (nSPS) is 23.7. The molecule has 0 saturated heterocycles. The lowest BCUT2D eigenvalue weighted by atomic mass is 9.79. The van der Waals surface area contributed by atoms with Gasteiger partial charge in [-0.25, -0.2) is 0 Å². The van der Waals surface area contributed by atoms with Crippen molar-refractivity contribution in [3.63, 3.8) is 0 Å². The minimum Gasteiger partial charge on any atom is -0.481 e. The number of carboxylic acid groups (broad SMARTS) is 1. The van der Waals surface area contributed by atoms with Crippen molar-refractivity contribution in [2.24, 2.45) is 5.92 Å². The van der Waals surface area contributed by atoms with E-state index in [0.717, 1.165) is 30.4 Å². The fourth-order valence-corrected chi connectivity index (χ4v) is 2.96. The molecule has 0 aromatic heterocycles. The molecule has 1 aromatic carbocycles. The number of carboxylic acids is 1. The Kier molecular flexibility index (Phi) is 3.71. The number of hydrogen-bond acceptors (Lipinski definition) is 2. The number of rotatable bonds is 5. The lowest BCUT2D eigenvalue weighted by Gasteiger charge is -2.31. The van der Waals surface area contributed by atoms with E-state index < -0.39 is 17.5 Å². The van der Waals surface area contributed by atoms with Gasteiger partial charge in [0.2, 0.25) is 0 Å². The summed E-state index contributed by atoms with van der Waals surface area (Å²) in [5, 5.41) is 20.2. The molecule has 98 valence electrons. The zero-order valence-corrected chi connectivity index (χ0v) is 10.7. The van der Waals surface area contributed by atoms with E-state index >= 15 is 0 Å². The van der Waals surface area contributed by atoms with Gasteiger partial charge in [0.15, 0.2) is 0 Å². The molecule has 0 saturated carbocycles. The van der Waals surface area contributed by atoms with Gasteiger partial charge in [-0.05, 0) is 30.4 Å². The average Bonchev–Trinajstić information content (AvgIpc) is 2.69. The third-order valence-corrected chi connectivity index (χ3v) is 3.98. The second-order valence-electron chi connectivity index (χ2n) is 5.11. The summed E-state index contributed by atoms with van der Waals surface area (Å²) in [5.74, 6) is -1.58. The summed E-state index contributed by atoms with van der Waals surface area (Å²) < 4.78 is 0. The molecule has 3 heteroatoms. The fourth-order valence-electron chi connectivity index (χ4n) is 2.96. The molecular formula is C15H20O3. The maximum atomic E-state index is 11.4. The molecule has 2 atom stereocenters. The first kappa shape index (κ1) is 13.1. The van der Waals surface area contributed by atoms with Crippen LogP contribution in [-0.4, -0.2) is 16.2 Å². The summed E-state index contributed by atoms with van der Waals surface area (Å²) in [4.78, 5) is 11.4. The van der Waals surface area contributed by atoms with Gasteiger partial charge in [-0.15, -0.1) is 0 Å². The molecule has 1 aliphatic rings. The molecule has 0 aliphatic heterocycles. The van der Waals surface area contributed by atoms with E-state index in [-0.39, 0.29) is 0 Å². The standard InChI is InChI=1S/C15H20O3/c1-2-3-7-13(14(16)17)15(18)10-9-11-6-4-5-8-12(11)15/h4-6,8,13,18H,2-3,7,9-10H2,1H3,(H,16,17). The Hall–Kier alpha value is -1.35. The van der Waals surface area contributed by atoms with Crippen LogP contribution in [0.1, 0.15) is 43.7 Å². The first-order valence-corrected chi connectivity index (χ1v) is 6.63. The third kappa shape index (κ3) is 2.15. The predicted molar refractivity (Wildman–Crippen MR) is 69.3 cm³/mol. The van der Waals surface area contributed by atoms with Crippen LogP contribution in [0.2, 0.25) is 0 Å². The Morgan fingerprint density at radius 2 is 2.17 bits per heavy atom. The van der Waals surface area contributed by atoms with Crippen molar-refractivity contribution in [3.05, 3.63) is 35.4 Å². The molecule has 1 aromatic rings. The number of carbonyl (C=O) groups is 1. The van der Waals surface area contributed by atoms with Gasteiger partial charge in [0.1, 0.15) is 5.60 Å². The van der Waals surface area contributed by atoms with Crippen LogP contribution in [0.5, 0.6) is 0 Å². The summed E-state index contributed by atoms with van der Waals surface area (Å²) in [5.41, 5.74) is 0.716. The lowest BCUT2D eigenvalue weighted by Crippen LogP contribution is -2.38. The van der Waals surface area contributed by atoms with E-state index in [2.05, 4.69) is 0 Å². The molecule has 0 fully saturated rings. The summed E-state index contributed by atoms with van der Waals surface area (Å²) in [7, 11) is 0. The minimum absolute atomic E-state index is 0.521. The quantitative estimate of drug-likeness (QED) is 0.842. The highest BCUT2D eigenvalue weighted by molar-refractivity contribution is 5.72. The van der Waals surface area contributed by atoms with Crippen molar-refractivity contribution in [1.82, 2.24) is 0 Å². The number of benzene rings is 1. The molecule has 0 bridgehead atoms. The molecule has 2 N–H and O–H groups in total. The van der Waals surface area contributed by atoms with Crippen LogP contribution in [0, 0.1) is 5.92 Å². The van der Waals surface area contributed by atoms with Gasteiger partial charge in [0.25, 0.3) is 0 Å². The molecule has 0 amide bonds. The van der Waals surface area contributed by atoms with E-state index in [1.54, 1.807) is 0 Å². The second-order valence-corrected chi connectivity index (χ2v) is 5.11. The van der Waals surface area contributed by atoms with Gasteiger partial charge in [-0.3, -0.25) is 4.79 Å². The van der Waals surface area contributed by atoms with Crippen molar-refractivity contribution >= 4 is 5.97 Å². The van der Waals surface area contributed by atoms with Gasteiger partial charge < -0.3 is 10.2 Å². The summed E-state index contributed by atoms with van der Waals surface area (Å²) in [6.07, 6.45) is 3.61. The van der Waals surface area contributed by atoms with Crippen molar-refractivity contribution in [2.75, 3.05) is 0 Å². The van der Waals surface area contributed by atoms with E-state index in [1.807, 2.05) is 31.2 Å². The summed E-state index contributed by atoms with van der Waals surface area (Å²) in [6.45, 7) is 2.03. The third-order valence-electron chi connectivity index (χ3n) is 3.98. The van der Waals surface area contributed by atoms with E-state index in [1.165, 1.54) is 0 Å². The monoisotopic (exact) mass is 248 g/mol. The van der Waals surface area contributed by atoms with Crippen LogP contribution in [0.4, 0.5) is 0 Å². The molecule has 0 heterocycles. The van der Waals surface area contributed by atoms with Crippen molar-refractivity contribution in [1.29, 1.82) is 0 Å². The number of hydrogen-bond donors (Lipinski definition) is 2. The second kappa shape index (κ2) is 5.11. The van der Waals surface area contributed by atoms with Crippen molar-refractivity contribution in [3.8, 4) is 0 Å². The Bertz CT molecular complexity index is 441. The van der Waals surface area contributed by atoms with Crippen molar-refractivity contribution < 1.29 is 15.0 Å². The molecule has 18 heavy (non-hydrogen) atoms. The van der Waals surface area contributed by atoms with Crippen LogP contribution < -0.4 is 0 Å². The molecule has 0 spiro atoms. The Labute approximate surface area is 107 Å². The highest BCUT2D eigenvalue weighted by Crippen LogP contribution is 2.44. The van der Waals surface area contributed by atoms with Gasteiger partial charge in [0, 0.05) is 0 Å². The fraction of sp³-hybridized carbons (Fsp3) is 0.533. The highest BCUT2D eigenvalue weighted by Gasteiger charge is 2.46. The van der Waals surface area contributed by atoms with E-state index in [4.69, 9.17) is 0 Å². The Balaban J connectivity index is 2.32. The molecular weight excluding hydrogens is 228 g/mol. The van der Waals surface area contributed by atoms with Crippen LogP contribution >= 0.6 is 0 Å². The largest absolute Gasteiger partial charge is 0.481 e. The Morgan fingerprint density at radius 3 is 2.83 bits per heavy atom. The van der Waals surface area contributed by atoms with Crippen LogP contribution in [0.25, 0.3) is 0 Å². The summed E-state index contributed by atoms with van der Waals surface area (Å²) in [6, 6.07) is 7.65. The number of aryl methyl sites for hydroxylation is 1. The zero-order valence-electron chi connectivity index (χ0n) is 10.7. The number of aliphatic carboxylic acids is 1. The highest BCUT2D eigenvalue weighted by atomic mass is 16.4. The molecule has 3 nitrogen and oxygen atoms in total. The van der Waals surface area contributed by atoms with Crippen LogP contribution in [0.3, 0.4) is 0 Å². The number of aliphatic hydroxyl groups is 1.